The number of hydrogen-bond donors (Lipinski definition) is 0. The van der Waals surface area contributed by atoms with Crippen molar-refractivity contribution in [2.45, 2.75) is 0 Å². The van der Waals surface area contributed by atoms with Gasteiger partial charge < -0.3 is 9.64 Å². The second kappa shape index (κ2) is 4.71. The Kier molecular flexibility index (Phi) is 3.10. The lowest BCUT2D eigenvalue weighted by molar-refractivity contribution is 0.208. The van der Waals surface area contributed by atoms with Crippen molar-refractivity contribution in [2.75, 3.05) is 18.2 Å². The van der Waals surface area contributed by atoms with E-state index in [4.69, 9.17) is 4.74 Å². The van der Waals surface area contributed by atoms with Crippen LogP contribution in [0.5, 0.6) is 0 Å². The maximum Gasteiger partial charge on any atom is 0.161 e. The summed E-state index contributed by atoms with van der Waals surface area (Å²) in [5.41, 5.74) is 2.23. The Labute approximate surface area is 96.1 Å². The van der Waals surface area contributed by atoms with E-state index in [1.807, 2.05) is 24.3 Å². The zero-order chi connectivity index (χ0) is 11.4. The predicted molar refractivity (Wildman–Crippen MR) is 67.2 cm³/mol. The van der Waals surface area contributed by atoms with Crippen LogP contribution in [0.1, 0.15) is 0 Å². The molecule has 2 heteroatoms. The Morgan fingerprint density at radius 1 is 1.12 bits per heavy atom. The highest BCUT2D eigenvalue weighted by Gasteiger charge is 2.16. The Hall–Kier alpha value is -1.96. The Balaban J connectivity index is 2.22. The van der Waals surface area contributed by atoms with Gasteiger partial charge in [-0.25, -0.2) is 0 Å². The highest BCUT2D eigenvalue weighted by molar-refractivity contribution is 5.49. The van der Waals surface area contributed by atoms with E-state index in [0.29, 0.717) is 6.73 Å². The van der Waals surface area contributed by atoms with Crippen molar-refractivity contribution in [3.8, 4) is 0 Å². The standard InChI is InChI=1S/C14H15NO/c1-3-12-10-15(11-16-14(12)4-2)13-8-6-5-7-9-13/h3-9H,1-2,10-11H2. The summed E-state index contributed by atoms with van der Waals surface area (Å²) in [7, 11) is 0. The lowest BCUT2D eigenvalue weighted by Gasteiger charge is -2.30. The molecular formula is C14H15NO. The molecule has 82 valence electrons. The van der Waals surface area contributed by atoms with Crippen LogP contribution in [-0.2, 0) is 4.74 Å². The topological polar surface area (TPSA) is 12.5 Å². The first-order valence-corrected chi connectivity index (χ1v) is 5.26. The summed E-state index contributed by atoms with van der Waals surface area (Å²) in [6.07, 6.45) is 3.56. The summed E-state index contributed by atoms with van der Waals surface area (Å²) in [5.74, 6) is 0.835. The number of anilines is 1. The quantitative estimate of drug-likeness (QED) is 0.765. The van der Waals surface area contributed by atoms with Crippen molar-refractivity contribution < 1.29 is 4.74 Å². The normalized spacial score (nSPS) is 15.6. The molecule has 0 unspecified atom stereocenters. The van der Waals surface area contributed by atoms with Crippen molar-refractivity contribution >= 4 is 5.69 Å². The van der Waals surface area contributed by atoms with Gasteiger partial charge in [-0.2, -0.15) is 0 Å². The third-order valence-corrected chi connectivity index (χ3v) is 2.61. The van der Waals surface area contributed by atoms with Gasteiger partial charge in [-0.1, -0.05) is 37.4 Å². The summed E-state index contributed by atoms with van der Waals surface area (Å²) in [6, 6.07) is 10.2. The highest BCUT2D eigenvalue weighted by Crippen LogP contribution is 2.22. The molecule has 2 rings (SSSR count). The summed E-state index contributed by atoms with van der Waals surface area (Å²) < 4.78 is 5.61. The smallest absolute Gasteiger partial charge is 0.161 e. The van der Waals surface area contributed by atoms with Crippen molar-refractivity contribution in [3.63, 3.8) is 0 Å². The van der Waals surface area contributed by atoms with Gasteiger partial charge >= 0.3 is 0 Å². The zero-order valence-electron chi connectivity index (χ0n) is 9.23. The van der Waals surface area contributed by atoms with Crippen molar-refractivity contribution in [2.24, 2.45) is 0 Å². The largest absolute Gasteiger partial charge is 0.473 e. The van der Waals surface area contributed by atoms with E-state index in [0.717, 1.165) is 23.6 Å². The van der Waals surface area contributed by atoms with E-state index in [-0.39, 0.29) is 0 Å². The molecule has 0 aliphatic carbocycles. The minimum Gasteiger partial charge on any atom is -0.473 e. The average molecular weight is 213 g/mol. The molecule has 1 heterocycles. The zero-order valence-corrected chi connectivity index (χ0v) is 9.23. The number of hydrogen-bond acceptors (Lipinski definition) is 2. The molecule has 0 aromatic heterocycles. The van der Waals surface area contributed by atoms with Crippen LogP contribution in [0.25, 0.3) is 0 Å². The predicted octanol–water partition coefficient (Wildman–Crippen LogP) is 3.11. The second-order valence-electron chi connectivity index (χ2n) is 3.60. The molecule has 0 saturated carbocycles. The molecule has 0 amide bonds. The first-order chi connectivity index (χ1) is 7.85. The molecule has 1 aromatic rings. The highest BCUT2D eigenvalue weighted by atomic mass is 16.5. The summed E-state index contributed by atoms with van der Waals surface area (Å²) >= 11 is 0. The number of allylic oxidation sites excluding steroid dienone is 1. The first-order valence-electron chi connectivity index (χ1n) is 5.26. The van der Waals surface area contributed by atoms with Crippen LogP contribution in [0, 0.1) is 0 Å². The van der Waals surface area contributed by atoms with E-state index in [9.17, 15) is 0 Å². The molecule has 0 radical (unpaired) electrons. The minimum absolute atomic E-state index is 0.558. The molecule has 0 atom stereocenters. The Morgan fingerprint density at radius 2 is 1.88 bits per heavy atom. The molecule has 16 heavy (non-hydrogen) atoms. The molecule has 0 saturated heterocycles. The molecule has 0 bridgehead atoms. The van der Waals surface area contributed by atoms with Crippen LogP contribution >= 0.6 is 0 Å². The molecule has 0 fully saturated rings. The summed E-state index contributed by atoms with van der Waals surface area (Å²) in [6.45, 7) is 8.90. The Morgan fingerprint density at radius 3 is 2.50 bits per heavy atom. The van der Waals surface area contributed by atoms with Gasteiger partial charge in [0.1, 0.15) is 5.76 Å². The number of rotatable bonds is 3. The fourth-order valence-electron chi connectivity index (χ4n) is 1.73. The van der Waals surface area contributed by atoms with Gasteiger partial charge in [0, 0.05) is 17.8 Å². The third kappa shape index (κ3) is 2.01. The maximum absolute atomic E-state index is 5.61. The van der Waals surface area contributed by atoms with Gasteiger partial charge in [0.2, 0.25) is 0 Å². The lowest BCUT2D eigenvalue weighted by atomic mass is 10.1. The van der Waals surface area contributed by atoms with E-state index >= 15 is 0 Å². The van der Waals surface area contributed by atoms with Crippen molar-refractivity contribution in [3.05, 3.63) is 67.0 Å². The van der Waals surface area contributed by atoms with E-state index in [1.165, 1.54) is 0 Å². The van der Waals surface area contributed by atoms with Gasteiger partial charge in [-0.3, -0.25) is 0 Å². The number of ether oxygens (including phenoxy) is 1. The van der Waals surface area contributed by atoms with Crippen LogP contribution < -0.4 is 4.90 Å². The first kappa shape index (κ1) is 10.6. The van der Waals surface area contributed by atoms with Crippen LogP contribution in [0.2, 0.25) is 0 Å². The lowest BCUT2D eigenvalue weighted by Crippen LogP contribution is -2.32. The van der Waals surface area contributed by atoms with Crippen LogP contribution in [0.4, 0.5) is 5.69 Å². The van der Waals surface area contributed by atoms with Gasteiger partial charge in [0.25, 0.3) is 0 Å². The third-order valence-electron chi connectivity index (χ3n) is 2.61. The van der Waals surface area contributed by atoms with Crippen molar-refractivity contribution in [1.82, 2.24) is 0 Å². The van der Waals surface area contributed by atoms with Crippen molar-refractivity contribution in [1.29, 1.82) is 0 Å². The monoisotopic (exact) mass is 213 g/mol. The maximum atomic E-state index is 5.61. The fourth-order valence-corrected chi connectivity index (χ4v) is 1.73. The van der Waals surface area contributed by atoms with Gasteiger partial charge in [0.15, 0.2) is 6.73 Å². The number of benzene rings is 1. The van der Waals surface area contributed by atoms with Gasteiger partial charge in [0.05, 0.1) is 0 Å². The summed E-state index contributed by atoms with van der Waals surface area (Å²) in [4.78, 5) is 2.16. The van der Waals surface area contributed by atoms with Crippen LogP contribution in [-0.4, -0.2) is 13.3 Å². The Bertz CT molecular complexity index is 420. The molecule has 2 nitrogen and oxygen atoms in total. The van der Waals surface area contributed by atoms with Gasteiger partial charge in [-0.15, -0.1) is 0 Å². The van der Waals surface area contributed by atoms with E-state index in [1.54, 1.807) is 6.08 Å². The molecule has 1 aromatic carbocycles. The SMILES string of the molecule is C=CC1=C(C=C)OCN(c2ccccc2)C1. The fraction of sp³-hybridized carbons (Fsp3) is 0.143. The number of nitrogens with zero attached hydrogens (tertiary/aromatic N) is 1. The second-order valence-corrected chi connectivity index (χ2v) is 3.60. The number of para-hydroxylation sites is 1. The van der Waals surface area contributed by atoms with E-state index in [2.05, 4.69) is 30.2 Å². The van der Waals surface area contributed by atoms with Crippen LogP contribution in [0.15, 0.2) is 67.0 Å². The minimum atomic E-state index is 0.558. The molecule has 1 aliphatic rings. The van der Waals surface area contributed by atoms with E-state index < -0.39 is 0 Å². The van der Waals surface area contributed by atoms with Gasteiger partial charge in [-0.05, 0) is 18.2 Å². The molecular weight excluding hydrogens is 198 g/mol. The molecule has 1 aliphatic heterocycles. The average Bonchev–Trinajstić information content (AvgIpc) is 2.39. The molecule has 0 N–H and O–H groups in total. The molecule has 0 spiro atoms. The summed E-state index contributed by atoms with van der Waals surface area (Å²) in [5, 5.41) is 0. The van der Waals surface area contributed by atoms with Crippen LogP contribution in [0.3, 0.4) is 0 Å².